The van der Waals surface area contributed by atoms with Crippen LogP contribution in [0.3, 0.4) is 0 Å². The molecule has 1 fully saturated rings. The van der Waals surface area contributed by atoms with Crippen molar-refractivity contribution in [3.63, 3.8) is 0 Å². The van der Waals surface area contributed by atoms with Crippen molar-refractivity contribution >= 4 is 11.8 Å². The van der Waals surface area contributed by atoms with Crippen LogP contribution in [0.15, 0.2) is 54.6 Å². The van der Waals surface area contributed by atoms with Crippen LogP contribution in [0, 0.1) is 0 Å². The van der Waals surface area contributed by atoms with E-state index in [-0.39, 0.29) is 5.78 Å². The number of nitrogens with zero attached hydrogens (tertiary/aromatic N) is 1. The van der Waals surface area contributed by atoms with Crippen LogP contribution < -0.4 is 0 Å². The molecule has 2 aromatic rings. The second kappa shape index (κ2) is 10.6. The number of carboxylic acids is 1. The van der Waals surface area contributed by atoms with Crippen molar-refractivity contribution in [1.29, 1.82) is 0 Å². The van der Waals surface area contributed by atoms with Crippen LogP contribution in [-0.2, 0) is 4.79 Å². The van der Waals surface area contributed by atoms with Crippen LogP contribution in [0.4, 0.5) is 0 Å². The molecule has 0 bridgehead atoms. The molecule has 1 aliphatic heterocycles. The molecule has 1 atom stereocenters. The molecule has 1 heterocycles. The molecular formula is C22H27NO4. The number of carboxylic acid groups (broad SMARTS) is 1. The summed E-state index contributed by atoms with van der Waals surface area (Å²) in [6, 6.07) is 15.7. The Hall–Kier alpha value is -2.50. The number of benzene rings is 2. The molecule has 144 valence electrons. The van der Waals surface area contributed by atoms with Gasteiger partial charge in [-0.05, 0) is 44.5 Å². The SMILES string of the molecule is C[C@@H](C(=O)O)c1cccc(C(=O)c2ccccc2)c1.OCCN1CCCC1. The summed E-state index contributed by atoms with van der Waals surface area (Å²) in [5.74, 6) is -1.62. The number of rotatable bonds is 6. The van der Waals surface area contributed by atoms with Gasteiger partial charge in [-0.3, -0.25) is 9.59 Å². The van der Waals surface area contributed by atoms with E-state index in [1.54, 1.807) is 55.5 Å². The van der Waals surface area contributed by atoms with Gasteiger partial charge in [0.2, 0.25) is 0 Å². The molecule has 2 N–H and O–H groups in total. The Bertz CT molecular complexity index is 739. The minimum Gasteiger partial charge on any atom is -0.481 e. The Kier molecular flexibility index (Phi) is 8.17. The van der Waals surface area contributed by atoms with Gasteiger partial charge in [-0.1, -0.05) is 48.5 Å². The van der Waals surface area contributed by atoms with Gasteiger partial charge < -0.3 is 15.1 Å². The summed E-state index contributed by atoms with van der Waals surface area (Å²) in [4.78, 5) is 25.5. The first kappa shape index (κ1) is 20.8. The van der Waals surface area contributed by atoms with Gasteiger partial charge in [-0.15, -0.1) is 0 Å². The van der Waals surface area contributed by atoms with Crippen molar-refractivity contribution in [2.45, 2.75) is 25.7 Å². The number of aliphatic hydroxyl groups excluding tert-OH is 1. The zero-order chi connectivity index (χ0) is 19.6. The number of carbonyl (C=O) groups is 2. The van der Waals surface area contributed by atoms with Crippen LogP contribution in [-0.4, -0.2) is 53.1 Å². The first-order chi connectivity index (χ1) is 13.0. The van der Waals surface area contributed by atoms with E-state index in [4.69, 9.17) is 10.2 Å². The zero-order valence-electron chi connectivity index (χ0n) is 15.7. The number of aliphatic carboxylic acids is 1. The van der Waals surface area contributed by atoms with Gasteiger partial charge >= 0.3 is 5.97 Å². The van der Waals surface area contributed by atoms with Gasteiger partial charge in [0.1, 0.15) is 0 Å². The third kappa shape index (κ3) is 6.31. The molecule has 0 saturated carbocycles. The van der Waals surface area contributed by atoms with E-state index >= 15 is 0 Å². The summed E-state index contributed by atoms with van der Waals surface area (Å²) in [6.07, 6.45) is 2.64. The van der Waals surface area contributed by atoms with Crippen LogP contribution in [0.1, 0.15) is 47.2 Å². The lowest BCUT2D eigenvalue weighted by molar-refractivity contribution is -0.138. The Morgan fingerprint density at radius 3 is 2.22 bits per heavy atom. The summed E-state index contributed by atoms with van der Waals surface area (Å²) < 4.78 is 0. The Morgan fingerprint density at radius 2 is 1.63 bits per heavy atom. The van der Waals surface area contributed by atoms with Gasteiger partial charge in [0.05, 0.1) is 12.5 Å². The summed E-state index contributed by atoms with van der Waals surface area (Å²) >= 11 is 0. The van der Waals surface area contributed by atoms with Crippen molar-refractivity contribution in [2.75, 3.05) is 26.2 Å². The smallest absolute Gasteiger partial charge is 0.310 e. The molecule has 3 rings (SSSR count). The van der Waals surface area contributed by atoms with Crippen LogP contribution in [0.5, 0.6) is 0 Å². The maximum Gasteiger partial charge on any atom is 0.310 e. The van der Waals surface area contributed by atoms with E-state index < -0.39 is 11.9 Å². The average molecular weight is 369 g/mol. The van der Waals surface area contributed by atoms with Crippen molar-refractivity contribution in [3.05, 3.63) is 71.3 Å². The van der Waals surface area contributed by atoms with E-state index in [1.165, 1.54) is 25.9 Å². The third-order valence-corrected chi connectivity index (χ3v) is 4.67. The number of aliphatic hydroxyl groups is 1. The number of hydrogen-bond acceptors (Lipinski definition) is 4. The maximum absolute atomic E-state index is 12.2. The number of likely N-dealkylation sites (tertiary alicyclic amines) is 1. The lowest BCUT2D eigenvalue weighted by atomic mass is 9.96. The Balaban J connectivity index is 0.000000273. The summed E-state index contributed by atoms with van der Waals surface area (Å²) in [5, 5.41) is 17.5. The molecule has 5 nitrogen and oxygen atoms in total. The predicted octanol–water partition coefficient (Wildman–Crippen LogP) is 3.18. The fraction of sp³-hybridized carbons (Fsp3) is 0.364. The summed E-state index contributed by atoms with van der Waals surface area (Å²) in [5.41, 5.74) is 1.74. The molecule has 5 heteroatoms. The highest BCUT2D eigenvalue weighted by Gasteiger charge is 2.16. The first-order valence-electron chi connectivity index (χ1n) is 9.28. The molecule has 0 aromatic heterocycles. The molecule has 0 unspecified atom stereocenters. The van der Waals surface area contributed by atoms with E-state index in [9.17, 15) is 9.59 Å². The van der Waals surface area contributed by atoms with Crippen LogP contribution in [0.2, 0.25) is 0 Å². The minimum atomic E-state index is -0.899. The van der Waals surface area contributed by atoms with E-state index in [2.05, 4.69) is 4.90 Å². The zero-order valence-corrected chi connectivity index (χ0v) is 15.7. The van der Waals surface area contributed by atoms with Gasteiger partial charge in [-0.25, -0.2) is 0 Å². The number of ketones is 1. The molecule has 27 heavy (non-hydrogen) atoms. The normalized spacial score (nSPS) is 14.9. The monoisotopic (exact) mass is 369 g/mol. The van der Waals surface area contributed by atoms with E-state index in [1.807, 2.05) is 6.07 Å². The van der Waals surface area contributed by atoms with Gasteiger partial charge in [0.25, 0.3) is 0 Å². The molecule has 0 amide bonds. The molecule has 0 aliphatic carbocycles. The summed E-state index contributed by atoms with van der Waals surface area (Å²) in [7, 11) is 0. The van der Waals surface area contributed by atoms with Crippen LogP contribution >= 0.6 is 0 Å². The van der Waals surface area contributed by atoms with Crippen molar-refractivity contribution in [2.24, 2.45) is 0 Å². The fourth-order valence-electron chi connectivity index (χ4n) is 3.00. The van der Waals surface area contributed by atoms with Crippen molar-refractivity contribution in [3.8, 4) is 0 Å². The predicted molar refractivity (Wildman–Crippen MR) is 105 cm³/mol. The molecular weight excluding hydrogens is 342 g/mol. The average Bonchev–Trinajstić information content (AvgIpc) is 3.21. The minimum absolute atomic E-state index is 0.0972. The largest absolute Gasteiger partial charge is 0.481 e. The summed E-state index contributed by atoms with van der Waals surface area (Å²) in [6.45, 7) is 5.19. The molecule has 1 aliphatic rings. The highest BCUT2D eigenvalue weighted by atomic mass is 16.4. The molecule has 0 radical (unpaired) electrons. The van der Waals surface area contributed by atoms with Gasteiger partial charge in [0, 0.05) is 17.7 Å². The highest BCUT2D eigenvalue weighted by molar-refractivity contribution is 6.09. The quantitative estimate of drug-likeness (QED) is 0.765. The first-order valence-corrected chi connectivity index (χ1v) is 9.28. The van der Waals surface area contributed by atoms with Crippen LogP contribution in [0.25, 0.3) is 0 Å². The number of carbonyl (C=O) groups excluding carboxylic acids is 1. The highest BCUT2D eigenvalue weighted by Crippen LogP contribution is 2.18. The second-order valence-corrected chi connectivity index (χ2v) is 6.65. The Morgan fingerprint density at radius 1 is 1.00 bits per heavy atom. The topological polar surface area (TPSA) is 77.8 Å². The lowest BCUT2D eigenvalue weighted by Gasteiger charge is -2.10. The second-order valence-electron chi connectivity index (χ2n) is 6.65. The van der Waals surface area contributed by atoms with Crippen molar-refractivity contribution in [1.82, 2.24) is 4.90 Å². The fourth-order valence-corrected chi connectivity index (χ4v) is 3.00. The third-order valence-electron chi connectivity index (χ3n) is 4.67. The molecule has 2 aromatic carbocycles. The van der Waals surface area contributed by atoms with E-state index in [0.29, 0.717) is 23.3 Å². The number of β-amino-alcohol motifs (C(OH)–C–C–N with tert-alkyl or cyclic N) is 1. The lowest BCUT2D eigenvalue weighted by Crippen LogP contribution is -2.22. The maximum atomic E-state index is 12.2. The molecule has 1 saturated heterocycles. The Labute approximate surface area is 160 Å². The van der Waals surface area contributed by atoms with Gasteiger partial charge in [-0.2, -0.15) is 0 Å². The number of hydrogen-bond donors (Lipinski definition) is 2. The van der Waals surface area contributed by atoms with Crippen molar-refractivity contribution < 1.29 is 19.8 Å². The molecule has 0 spiro atoms. The van der Waals surface area contributed by atoms with Gasteiger partial charge in [0.15, 0.2) is 5.78 Å². The van der Waals surface area contributed by atoms with E-state index in [0.717, 1.165) is 6.54 Å². The standard InChI is InChI=1S/C16H14O3.C6H13NO/c1-11(16(18)19)13-8-5-9-14(10-13)15(17)12-6-3-2-4-7-12;8-6-5-7-3-1-2-4-7/h2-11H,1H3,(H,18,19);8H,1-6H2/t11-;/m1./s1.